The number of nitrogens with one attached hydrogen (secondary N) is 1. The molecule has 0 radical (unpaired) electrons. The molecule has 0 aromatic heterocycles. The van der Waals surface area contributed by atoms with Gasteiger partial charge in [-0.05, 0) is 25.2 Å². The molecule has 1 rings (SSSR count). The van der Waals surface area contributed by atoms with Crippen LogP contribution in [0.1, 0.15) is 5.56 Å². The van der Waals surface area contributed by atoms with Gasteiger partial charge in [0, 0.05) is 6.54 Å². The van der Waals surface area contributed by atoms with Gasteiger partial charge in [-0.3, -0.25) is 0 Å². The normalized spacial score (nSPS) is 12.7. The molecule has 0 aliphatic rings. The maximum atomic E-state index is 12.4. The van der Waals surface area contributed by atoms with Gasteiger partial charge in [-0.15, -0.1) is 0 Å². The Morgan fingerprint density at radius 2 is 1.94 bits per heavy atom. The van der Waals surface area contributed by atoms with Crippen LogP contribution in [0, 0.1) is 0 Å². The van der Waals surface area contributed by atoms with Gasteiger partial charge in [0.2, 0.25) is 0 Å². The zero-order valence-electron chi connectivity index (χ0n) is 9.08. The Hall–Kier alpha value is -1.08. The Morgan fingerprint density at radius 1 is 1.29 bits per heavy atom. The lowest BCUT2D eigenvalue weighted by Gasteiger charge is -2.09. The van der Waals surface area contributed by atoms with Crippen molar-refractivity contribution in [2.45, 2.75) is 11.1 Å². The number of hydrogen-bond donors (Lipinski definition) is 1. The van der Waals surface area contributed by atoms with E-state index in [-0.39, 0.29) is 17.2 Å². The van der Waals surface area contributed by atoms with Crippen molar-refractivity contribution in [1.82, 2.24) is 5.32 Å². The van der Waals surface area contributed by atoms with Crippen LogP contribution in [0.4, 0.5) is 13.2 Å². The SMILES string of the molecule is CNCCS(=O)(=O)c1cccc(C(F)(F)F)c1. The van der Waals surface area contributed by atoms with Crippen LogP contribution < -0.4 is 5.32 Å². The number of halogens is 3. The molecule has 0 heterocycles. The Kier molecular flexibility index (Phi) is 4.16. The van der Waals surface area contributed by atoms with Gasteiger partial charge in [-0.25, -0.2) is 8.42 Å². The Balaban J connectivity index is 3.08. The Bertz CT molecular complexity index is 483. The van der Waals surface area contributed by atoms with Crippen molar-refractivity contribution in [1.29, 1.82) is 0 Å². The molecule has 0 atom stereocenters. The van der Waals surface area contributed by atoms with Crippen LogP contribution in [0.25, 0.3) is 0 Å². The zero-order chi connectivity index (χ0) is 13.1. The fraction of sp³-hybridized carbons (Fsp3) is 0.400. The lowest BCUT2D eigenvalue weighted by atomic mass is 10.2. The molecule has 0 bridgehead atoms. The Morgan fingerprint density at radius 3 is 2.47 bits per heavy atom. The van der Waals surface area contributed by atoms with Crippen molar-refractivity contribution in [3.8, 4) is 0 Å². The largest absolute Gasteiger partial charge is 0.416 e. The molecule has 17 heavy (non-hydrogen) atoms. The number of sulfone groups is 1. The van der Waals surface area contributed by atoms with Crippen molar-refractivity contribution >= 4 is 9.84 Å². The highest BCUT2D eigenvalue weighted by atomic mass is 32.2. The predicted molar refractivity (Wildman–Crippen MR) is 57.4 cm³/mol. The van der Waals surface area contributed by atoms with E-state index in [9.17, 15) is 21.6 Å². The van der Waals surface area contributed by atoms with E-state index in [4.69, 9.17) is 0 Å². The molecule has 1 aromatic carbocycles. The maximum Gasteiger partial charge on any atom is 0.416 e. The highest BCUT2D eigenvalue weighted by Crippen LogP contribution is 2.30. The van der Waals surface area contributed by atoms with Gasteiger partial charge in [0.05, 0.1) is 16.2 Å². The maximum absolute atomic E-state index is 12.4. The first kappa shape index (κ1) is 14.0. The summed E-state index contributed by atoms with van der Waals surface area (Å²) < 4.78 is 60.5. The van der Waals surface area contributed by atoms with E-state index in [2.05, 4.69) is 5.32 Å². The van der Waals surface area contributed by atoms with Crippen LogP contribution in [-0.4, -0.2) is 27.8 Å². The Labute approximate surface area is 97.6 Å². The first-order chi connectivity index (χ1) is 7.77. The second kappa shape index (κ2) is 5.05. The second-order valence-corrected chi connectivity index (χ2v) is 5.56. The molecule has 0 aliphatic heterocycles. The lowest BCUT2D eigenvalue weighted by Crippen LogP contribution is -2.19. The third-order valence-electron chi connectivity index (χ3n) is 2.14. The number of rotatable bonds is 4. The van der Waals surface area contributed by atoms with E-state index >= 15 is 0 Å². The molecular formula is C10H12F3NO2S. The summed E-state index contributed by atoms with van der Waals surface area (Å²) in [6, 6.07) is 3.76. The molecule has 1 N–H and O–H groups in total. The molecule has 3 nitrogen and oxygen atoms in total. The fourth-order valence-electron chi connectivity index (χ4n) is 1.22. The summed E-state index contributed by atoms with van der Waals surface area (Å²) >= 11 is 0. The average molecular weight is 267 g/mol. The smallest absolute Gasteiger partial charge is 0.319 e. The molecule has 0 amide bonds. The molecule has 0 aliphatic carbocycles. The van der Waals surface area contributed by atoms with Crippen molar-refractivity contribution in [3.05, 3.63) is 29.8 Å². The van der Waals surface area contributed by atoms with Crippen LogP contribution >= 0.6 is 0 Å². The molecule has 0 unspecified atom stereocenters. The molecule has 0 saturated heterocycles. The molecule has 7 heteroatoms. The van der Waals surface area contributed by atoms with E-state index in [1.165, 1.54) is 6.07 Å². The van der Waals surface area contributed by atoms with E-state index in [1.54, 1.807) is 7.05 Å². The summed E-state index contributed by atoms with van der Waals surface area (Å²) in [6.07, 6.45) is -4.53. The highest BCUT2D eigenvalue weighted by molar-refractivity contribution is 7.91. The summed E-state index contributed by atoms with van der Waals surface area (Å²) in [5.41, 5.74) is -0.956. The van der Waals surface area contributed by atoms with E-state index in [1.807, 2.05) is 0 Å². The fourth-order valence-corrected chi connectivity index (χ4v) is 2.52. The molecule has 0 fully saturated rings. The summed E-state index contributed by atoms with van der Waals surface area (Å²) in [5, 5.41) is 2.64. The zero-order valence-corrected chi connectivity index (χ0v) is 9.90. The minimum atomic E-state index is -4.53. The average Bonchev–Trinajstić information content (AvgIpc) is 2.25. The first-order valence-corrected chi connectivity index (χ1v) is 6.47. The van der Waals surface area contributed by atoms with Crippen LogP contribution in [0.2, 0.25) is 0 Å². The molecule has 96 valence electrons. The van der Waals surface area contributed by atoms with Gasteiger partial charge < -0.3 is 5.32 Å². The van der Waals surface area contributed by atoms with Gasteiger partial charge in [-0.2, -0.15) is 13.2 Å². The van der Waals surface area contributed by atoms with Crippen molar-refractivity contribution in [3.63, 3.8) is 0 Å². The van der Waals surface area contributed by atoms with Gasteiger partial charge in [0.1, 0.15) is 0 Å². The van der Waals surface area contributed by atoms with Gasteiger partial charge >= 0.3 is 6.18 Å². The van der Waals surface area contributed by atoms with Crippen LogP contribution in [-0.2, 0) is 16.0 Å². The van der Waals surface area contributed by atoms with Crippen LogP contribution in [0.15, 0.2) is 29.2 Å². The van der Waals surface area contributed by atoms with Crippen molar-refractivity contribution < 1.29 is 21.6 Å². The summed E-state index contributed by atoms with van der Waals surface area (Å²) in [4.78, 5) is -0.303. The topological polar surface area (TPSA) is 46.2 Å². The van der Waals surface area contributed by atoms with Crippen molar-refractivity contribution in [2.24, 2.45) is 0 Å². The number of alkyl halides is 3. The highest BCUT2D eigenvalue weighted by Gasteiger charge is 2.31. The first-order valence-electron chi connectivity index (χ1n) is 4.82. The van der Waals surface area contributed by atoms with Crippen molar-refractivity contribution in [2.75, 3.05) is 19.3 Å². The quantitative estimate of drug-likeness (QED) is 0.903. The van der Waals surface area contributed by atoms with Gasteiger partial charge in [0.15, 0.2) is 9.84 Å². The minimum Gasteiger partial charge on any atom is -0.319 e. The standard InChI is InChI=1S/C10H12F3NO2S/c1-14-5-6-17(15,16)9-4-2-3-8(7-9)10(11,12)13/h2-4,7,14H,5-6H2,1H3. The monoisotopic (exact) mass is 267 g/mol. The predicted octanol–water partition coefficient (Wildman–Crippen LogP) is 1.70. The molecular weight excluding hydrogens is 255 g/mol. The molecule has 0 saturated carbocycles. The third kappa shape index (κ3) is 3.71. The summed E-state index contributed by atoms with van der Waals surface area (Å²) in [6.45, 7) is 0.193. The summed E-state index contributed by atoms with van der Waals surface area (Å²) in [5.74, 6) is -0.231. The minimum absolute atomic E-state index is 0.193. The van der Waals surface area contributed by atoms with E-state index in [0.29, 0.717) is 6.07 Å². The van der Waals surface area contributed by atoms with Gasteiger partial charge in [-0.1, -0.05) is 6.07 Å². The van der Waals surface area contributed by atoms with Crippen LogP contribution in [0.5, 0.6) is 0 Å². The molecule has 0 spiro atoms. The lowest BCUT2D eigenvalue weighted by molar-refractivity contribution is -0.137. The summed E-state index contributed by atoms with van der Waals surface area (Å²) in [7, 11) is -2.10. The van der Waals surface area contributed by atoms with E-state index in [0.717, 1.165) is 12.1 Å². The third-order valence-corrected chi connectivity index (χ3v) is 3.86. The number of benzene rings is 1. The van der Waals surface area contributed by atoms with Crippen LogP contribution in [0.3, 0.4) is 0 Å². The second-order valence-electron chi connectivity index (χ2n) is 3.45. The van der Waals surface area contributed by atoms with Gasteiger partial charge in [0.25, 0.3) is 0 Å². The molecule has 1 aromatic rings. The van der Waals surface area contributed by atoms with E-state index < -0.39 is 21.6 Å². The number of hydrogen-bond acceptors (Lipinski definition) is 3.